The second-order valence-corrected chi connectivity index (χ2v) is 5.01. The predicted octanol–water partition coefficient (Wildman–Crippen LogP) is 3.50. The van der Waals surface area contributed by atoms with Crippen molar-refractivity contribution in [2.75, 3.05) is 13.2 Å². The summed E-state index contributed by atoms with van der Waals surface area (Å²) in [7, 11) is 0. The minimum absolute atomic E-state index is 0.247. The van der Waals surface area contributed by atoms with E-state index in [4.69, 9.17) is 4.74 Å². The van der Waals surface area contributed by atoms with Gasteiger partial charge in [0.1, 0.15) is 0 Å². The van der Waals surface area contributed by atoms with Crippen LogP contribution in [0.25, 0.3) is 0 Å². The summed E-state index contributed by atoms with van der Waals surface area (Å²) in [4.78, 5) is 0. The smallest absolute Gasteiger partial charge is 0.165 e. The second kappa shape index (κ2) is 6.74. The van der Waals surface area contributed by atoms with Gasteiger partial charge >= 0.3 is 0 Å². The molecule has 1 aromatic carbocycles. The van der Waals surface area contributed by atoms with Gasteiger partial charge in [0.15, 0.2) is 11.6 Å². The molecule has 0 amide bonds. The molecule has 0 radical (unpaired) electrons. The SMILES string of the molecule is CCNCc1ccc(OCC2CCCC2)c(F)c1. The van der Waals surface area contributed by atoms with Crippen molar-refractivity contribution < 1.29 is 9.13 Å². The van der Waals surface area contributed by atoms with Gasteiger partial charge in [0, 0.05) is 6.54 Å². The lowest BCUT2D eigenvalue weighted by atomic mass is 10.1. The van der Waals surface area contributed by atoms with Crippen LogP contribution in [0.2, 0.25) is 0 Å². The van der Waals surface area contributed by atoms with Gasteiger partial charge in [-0.3, -0.25) is 0 Å². The average molecular weight is 251 g/mol. The first-order valence-electron chi connectivity index (χ1n) is 6.91. The lowest BCUT2D eigenvalue weighted by Crippen LogP contribution is -2.12. The fourth-order valence-corrected chi connectivity index (χ4v) is 2.43. The highest BCUT2D eigenvalue weighted by Crippen LogP contribution is 2.26. The van der Waals surface area contributed by atoms with E-state index in [9.17, 15) is 4.39 Å². The molecule has 0 aliphatic heterocycles. The van der Waals surface area contributed by atoms with E-state index in [2.05, 4.69) is 5.32 Å². The monoisotopic (exact) mass is 251 g/mol. The zero-order valence-electron chi connectivity index (χ0n) is 11.0. The average Bonchev–Trinajstić information content (AvgIpc) is 2.88. The summed E-state index contributed by atoms with van der Waals surface area (Å²) in [5.41, 5.74) is 0.961. The van der Waals surface area contributed by atoms with E-state index in [1.54, 1.807) is 12.1 Å². The van der Waals surface area contributed by atoms with Gasteiger partial charge in [-0.2, -0.15) is 0 Å². The third-order valence-electron chi connectivity index (χ3n) is 3.52. The second-order valence-electron chi connectivity index (χ2n) is 5.01. The van der Waals surface area contributed by atoms with Crippen LogP contribution in [-0.4, -0.2) is 13.2 Å². The molecule has 2 nitrogen and oxygen atoms in total. The fraction of sp³-hybridized carbons (Fsp3) is 0.600. The van der Waals surface area contributed by atoms with E-state index in [1.165, 1.54) is 25.7 Å². The Morgan fingerprint density at radius 1 is 1.33 bits per heavy atom. The first-order chi connectivity index (χ1) is 8.79. The number of halogens is 1. The maximum atomic E-state index is 13.8. The zero-order chi connectivity index (χ0) is 12.8. The number of ether oxygens (including phenoxy) is 1. The lowest BCUT2D eigenvalue weighted by molar-refractivity contribution is 0.242. The summed E-state index contributed by atoms with van der Waals surface area (Å²) in [5, 5.41) is 3.18. The van der Waals surface area contributed by atoms with Crippen molar-refractivity contribution in [1.29, 1.82) is 0 Å². The van der Waals surface area contributed by atoms with Crippen LogP contribution in [0.5, 0.6) is 5.75 Å². The molecule has 1 N–H and O–H groups in total. The number of rotatable bonds is 6. The number of hydrogen-bond donors (Lipinski definition) is 1. The van der Waals surface area contributed by atoms with E-state index in [0.29, 0.717) is 24.8 Å². The number of benzene rings is 1. The number of nitrogens with one attached hydrogen (secondary N) is 1. The standard InChI is InChI=1S/C15H22FNO/c1-2-17-10-13-7-8-15(14(16)9-13)18-11-12-5-3-4-6-12/h7-9,12,17H,2-6,10-11H2,1H3. The molecule has 0 aromatic heterocycles. The van der Waals surface area contributed by atoms with Gasteiger partial charge in [0.05, 0.1) is 6.61 Å². The van der Waals surface area contributed by atoms with Crippen molar-refractivity contribution >= 4 is 0 Å². The highest BCUT2D eigenvalue weighted by Gasteiger charge is 2.16. The van der Waals surface area contributed by atoms with Crippen LogP contribution in [0.3, 0.4) is 0 Å². The van der Waals surface area contributed by atoms with Gasteiger partial charge in [0.2, 0.25) is 0 Å². The van der Waals surface area contributed by atoms with Crippen LogP contribution in [-0.2, 0) is 6.54 Å². The summed E-state index contributed by atoms with van der Waals surface area (Å²) in [6.45, 7) is 4.29. The minimum atomic E-state index is -0.247. The topological polar surface area (TPSA) is 21.3 Å². The van der Waals surface area contributed by atoms with Crippen molar-refractivity contribution in [2.45, 2.75) is 39.2 Å². The molecule has 0 atom stereocenters. The van der Waals surface area contributed by atoms with Crippen LogP contribution in [0.4, 0.5) is 4.39 Å². The summed E-state index contributed by atoms with van der Waals surface area (Å²) >= 11 is 0. The van der Waals surface area contributed by atoms with Crippen molar-refractivity contribution in [3.8, 4) is 5.75 Å². The quantitative estimate of drug-likeness (QED) is 0.835. The molecule has 18 heavy (non-hydrogen) atoms. The normalized spacial score (nSPS) is 16.1. The van der Waals surface area contributed by atoms with E-state index in [0.717, 1.165) is 12.1 Å². The van der Waals surface area contributed by atoms with Crippen molar-refractivity contribution in [1.82, 2.24) is 5.32 Å². The molecule has 1 saturated carbocycles. The van der Waals surface area contributed by atoms with Gasteiger partial charge in [-0.15, -0.1) is 0 Å². The Hall–Kier alpha value is -1.09. The third-order valence-corrected chi connectivity index (χ3v) is 3.52. The van der Waals surface area contributed by atoms with Crippen molar-refractivity contribution in [3.05, 3.63) is 29.6 Å². The Balaban J connectivity index is 1.87. The maximum Gasteiger partial charge on any atom is 0.165 e. The Bertz CT molecular complexity index is 375. The molecule has 0 spiro atoms. The molecule has 1 aromatic rings. The van der Waals surface area contributed by atoms with E-state index in [1.807, 2.05) is 13.0 Å². The Kier molecular flexibility index (Phi) is 5.00. The Morgan fingerprint density at radius 2 is 2.11 bits per heavy atom. The highest BCUT2D eigenvalue weighted by molar-refractivity contribution is 5.29. The van der Waals surface area contributed by atoms with Crippen LogP contribution in [0, 0.1) is 11.7 Å². The van der Waals surface area contributed by atoms with Gasteiger partial charge in [-0.25, -0.2) is 4.39 Å². The first kappa shape index (κ1) is 13.3. The maximum absolute atomic E-state index is 13.8. The van der Waals surface area contributed by atoms with Crippen LogP contribution in [0.1, 0.15) is 38.2 Å². The molecule has 0 saturated heterocycles. The van der Waals surface area contributed by atoms with Crippen LogP contribution >= 0.6 is 0 Å². The van der Waals surface area contributed by atoms with Crippen molar-refractivity contribution in [2.24, 2.45) is 5.92 Å². The lowest BCUT2D eigenvalue weighted by Gasteiger charge is -2.12. The summed E-state index contributed by atoms with van der Waals surface area (Å²) in [6.07, 6.45) is 5.02. The van der Waals surface area contributed by atoms with Gasteiger partial charge < -0.3 is 10.1 Å². The first-order valence-corrected chi connectivity index (χ1v) is 6.91. The zero-order valence-corrected chi connectivity index (χ0v) is 11.0. The molecule has 2 rings (SSSR count). The molecule has 3 heteroatoms. The largest absolute Gasteiger partial charge is 0.490 e. The van der Waals surface area contributed by atoms with Gasteiger partial charge in [-0.05, 0) is 43.0 Å². The summed E-state index contributed by atoms with van der Waals surface area (Å²) in [5.74, 6) is 0.761. The Morgan fingerprint density at radius 3 is 2.78 bits per heavy atom. The van der Waals surface area contributed by atoms with Crippen LogP contribution < -0.4 is 10.1 Å². The van der Waals surface area contributed by atoms with E-state index in [-0.39, 0.29) is 5.82 Å². The predicted molar refractivity (Wildman–Crippen MR) is 71.2 cm³/mol. The molecule has 1 fully saturated rings. The van der Waals surface area contributed by atoms with E-state index < -0.39 is 0 Å². The fourth-order valence-electron chi connectivity index (χ4n) is 2.43. The van der Waals surface area contributed by atoms with Gasteiger partial charge in [0.25, 0.3) is 0 Å². The van der Waals surface area contributed by atoms with E-state index >= 15 is 0 Å². The molecule has 100 valence electrons. The highest BCUT2D eigenvalue weighted by atomic mass is 19.1. The van der Waals surface area contributed by atoms with Crippen molar-refractivity contribution in [3.63, 3.8) is 0 Å². The molecular weight excluding hydrogens is 229 g/mol. The number of hydrogen-bond acceptors (Lipinski definition) is 2. The molecule has 1 aliphatic carbocycles. The molecule has 0 unspecified atom stereocenters. The molecule has 0 heterocycles. The molecule has 1 aliphatic rings. The summed E-state index contributed by atoms with van der Waals surface area (Å²) < 4.78 is 19.4. The molecular formula is C15H22FNO. The van der Waals surface area contributed by atoms with Gasteiger partial charge in [-0.1, -0.05) is 25.8 Å². The Labute approximate surface area is 109 Å². The minimum Gasteiger partial charge on any atom is -0.490 e. The summed E-state index contributed by atoms with van der Waals surface area (Å²) in [6, 6.07) is 5.24. The van der Waals surface area contributed by atoms with Crippen LogP contribution in [0.15, 0.2) is 18.2 Å². The molecule has 0 bridgehead atoms. The third kappa shape index (κ3) is 3.70.